The highest BCUT2D eigenvalue weighted by Gasteiger charge is 2.37. The minimum atomic E-state index is -4.71. The van der Waals surface area contributed by atoms with E-state index in [1.54, 1.807) is 0 Å². The van der Waals surface area contributed by atoms with Gasteiger partial charge in [-0.25, -0.2) is 0 Å². The van der Waals surface area contributed by atoms with E-state index in [1.165, 1.54) is 17.0 Å². The number of nitrogens with two attached hydrogens (primary N) is 1. The first kappa shape index (κ1) is 24.5. The second kappa shape index (κ2) is 10.2. The van der Waals surface area contributed by atoms with Crippen molar-refractivity contribution >= 4 is 23.2 Å². The van der Waals surface area contributed by atoms with E-state index in [4.69, 9.17) is 10.5 Å². The van der Waals surface area contributed by atoms with Gasteiger partial charge in [-0.15, -0.1) is 0 Å². The molecule has 1 aliphatic heterocycles. The second-order valence-corrected chi connectivity index (χ2v) is 8.86. The van der Waals surface area contributed by atoms with Crippen molar-refractivity contribution in [3.05, 3.63) is 23.8 Å². The quantitative estimate of drug-likeness (QED) is 0.597. The molecule has 178 valence electrons. The van der Waals surface area contributed by atoms with Crippen molar-refractivity contribution < 1.29 is 27.5 Å². The highest BCUT2D eigenvalue weighted by atomic mass is 19.4. The van der Waals surface area contributed by atoms with Crippen molar-refractivity contribution in [3.8, 4) is 0 Å². The predicted molar refractivity (Wildman–Crippen MR) is 115 cm³/mol. The number of hydrogen-bond acceptors (Lipinski definition) is 5. The zero-order chi connectivity index (χ0) is 23.5. The minimum absolute atomic E-state index is 0.00693. The molecule has 2 amide bonds. The number of hydrogen-bond donors (Lipinski definition) is 2. The summed E-state index contributed by atoms with van der Waals surface area (Å²) in [5.41, 5.74) is 4.65. The van der Waals surface area contributed by atoms with Gasteiger partial charge in [-0.3, -0.25) is 14.5 Å². The number of nitrogens with one attached hydrogen (secondary N) is 1. The Bertz CT molecular complexity index is 823. The Labute approximate surface area is 186 Å². The molecule has 32 heavy (non-hydrogen) atoms. The van der Waals surface area contributed by atoms with E-state index >= 15 is 0 Å². The molecule has 7 nitrogen and oxygen atoms in total. The third kappa shape index (κ3) is 6.20. The Morgan fingerprint density at radius 2 is 2.06 bits per heavy atom. The number of halogens is 3. The summed E-state index contributed by atoms with van der Waals surface area (Å²) in [5, 5.41) is 2.45. The molecule has 0 bridgehead atoms. The van der Waals surface area contributed by atoms with Gasteiger partial charge in [0, 0.05) is 31.9 Å². The Hall–Kier alpha value is -2.17. The van der Waals surface area contributed by atoms with Gasteiger partial charge in [0.1, 0.15) is 12.6 Å². The van der Waals surface area contributed by atoms with Crippen LogP contribution in [0.5, 0.6) is 0 Å². The van der Waals surface area contributed by atoms with Crippen LogP contribution in [0, 0.1) is 11.8 Å². The van der Waals surface area contributed by atoms with Gasteiger partial charge in [-0.2, -0.15) is 13.2 Å². The lowest BCUT2D eigenvalue weighted by Crippen LogP contribution is -2.50. The van der Waals surface area contributed by atoms with Crippen LogP contribution in [0.1, 0.15) is 32.3 Å². The van der Waals surface area contributed by atoms with Crippen LogP contribution in [0.2, 0.25) is 0 Å². The number of benzene rings is 1. The molecule has 0 radical (unpaired) electrons. The maximum absolute atomic E-state index is 13.8. The molecule has 1 heterocycles. The molecular weight excluding hydrogens is 425 g/mol. The van der Waals surface area contributed by atoms with E-state index in [0.717, 1.165) is 18.9 Å². The number of rotatable bonds is 9. The van der Waals surface area contributed by atoms with Gasteiger partial charge in [-0.05, 0) is 42.9 Å². The molecule has 10 heteroatoms. The summed E-state index contributed by atoms with van der Waals surface area (Å²) >= 11 is 0. The lowest BCUT2D eigenvalue weighted by Gasteiger charge is -2.32. The molecule has 0 aromatic heterocycles. The van der Waals surface area contributed by atoms with Gasteiger partial charge < -0.3 is 20.7 Å². The van der Waals surface area contributed by atoms with Crippen molar-refractivity contribution in [2.45, 2.75) is 38.9 Å². The molecule has 1 atom stereocenters. The molecule has 0 spiro atoms. The maximum atomic E-state index is 13.8. The van der Waals surface area contributed by atoms with E-state index in [0.29, 0.717) is 19.0 Å². The molecule has 3 rings (SSSR count). The van der Waals surface area contributed by atoms with Gasteiger partial charge in [0.05, 0.1) is 17.9 Å². The number of alkyl halides is 3. The maximum Gasteiger partial charge on any atom is 0.418 e. The summed E-state index contributed by atoms with van der Waals surface area (Å²) in [7, 11) is 0. The largest absolute Gasteiger partial charge is 0.418 e. The first-order valence-electron chi connectivity index (χ1n) is 10.9. The fraction of sp³-hybridized carbons (Fsp3) is 0.636. The highest BCUT2D eigenvalue weighted by Crippen LogP contribution is 2.38. The van der Waals surface area contributed by atoms with E-state index in [2.05, 4.69) is 5.32 Å². The topological polar surface area (TPSA) is 87.9 Å². The first-order valence-corrected chi connectivity index (χ1v) is 10.9. The molecule has 1 aromatic rings. The molecule has 1 saturated carbocycles. The van der Waals surface area contributed by atoms with Crippen LogP contribution in [-0.2, 0) is 20.5 Å². The van der Waals surface area contributed by atoms with Gasteiger partial charge in [0.2, 0.25) is 5.91 Å². The van der Waals surface area contributed by atoms with Crippen LogP contribution in [0.3, 0.4) is 0 Å². The summed E-state index contributed by atoms with van der Waals surface area (Å²) < 4.78 is 46.5. The van der Waals surface area contributed by atoms with Crippen molar-refractivity contribution in [2.24, 2.45) is 17.6 Å². The molecule has 0 unspecified atom stereocenters. The Morgan fingerprint density at radius 3 is 2.62 bits per heavy atom. The summed E-state index contributed by atoms with van der Waals surface area (Å²) in [6, 6.07) is 2.77. The summed E-state index contributed by atoms with van der Waals surface area (Å²) in [4.78, 5) is 28.3. The summed E-state index contributed by atoms with van der Waals surface area (Å²) in [5.74, 6) is -0.179. The zero-order valence-corrected chi connectivity index (χ0v) is 18.5. The van der Waals surface area contributed by atoms with Gasteiger partial charge in [-0.1, -0.05) is 13.8 Å². The predicted octanol–water partition coefficient (Wildman–Crippen LogP) is 2.70. The van der Waals surface area contributed by atoms with Crippen LogP contribution in [0.15, 0.2) is 18.2 Å². The number of carbonyl (C=O) groups is 2. The lowest BCUT2D eigenvalue weighted by atomic mass is 10.1. The first-order chi connectivity index (χ1) is 15.1. The number of anilines is 2. The third-order valence-electron chi connectivity index (χ3n) is 5.62. The summed E-state index contributed by atoms with van der Waals surface area (Å²) in [6.45, 7) is 5.64. The Kier molecular flexibility index (Phi) is 7.79. The van der Waals surface area contributed by atoms with Crippen LogP contribution in [-0.4, -0.2) is 62.1 Å². The number of amides is 2. The minimum Gasteiger partial charge on any atom is -0.370 e. The van der Waals surface area contributed by atoms with Crippen LogP contribution in [0.25, 0.3) is 0 Å². The normalized spacial score (nSPS) is 18.4. The molecule has 1 aromatic carbocycles. The van der Waals surface area contributed by atoms with Crippen LogP contribution in [0.4, 0.5) is 24.5 Å². The molecule has 3 N–H and O–H groups in total. The lowest BCUT2D eigenvalue weighted by molar-refractivity contribution is -0.137. The van der Waals surface area contributed by atoms with Gasteiger partial charge in [0.15, 0.2) is 0 Å². The van der Waals surface area contributed by atoms with E-state index in [1.807, 2.05) is 18.7 Å². The Balaban J connectivity index is 1.83. The smallest absolute Gasteiger partial charge is 0.370 e. The summed E-state index contributed by atoms with van der Waals surface area (Å²) in [6.07, 6.45) is -2.53. The van der Waals surface area contributed by atoms with E-state index in [-0.39, 0.29) is 43.6 Å². The number of ether oxygens (including phenoxy) is 1. The average molecular weight is 457 g/mol. The SMILES string of the molecule is CC(C)CN(CC1CC1)[C@H](CN)C(=O)Nc1ccc(N2CCOCC2=O)cc1C(F)(F)F. The van der Waals surface area contributed by atoms with Crippen molar-refractivity contribution in [3.63, 3.8) is 0 Å². The fourth-order valence-corrected chi connectivity index (χ4v) is 3.90. The molecule has 2 fully saturated rings. The standard InChI is InChI=1S/C22H31F3N4O3/c1-14(2)11-28(12-15-3-4-15)19(10-26)21(31)27-18-6-5-16(9-17(18)22(23,24)25)29-7-8-32-13-20(29)30/h5-6,9,14-15,19H,3-4,7-8,10-13,26H2,1-2H3,(H,27,31)/t19-/m1/s1. The molecule has 1 saturated heterocycles. The number of morpholine rings is 1. The van der Waals surface area contributed by atoms with Crippen LogP contribution < -0.4 is 16.0 Å². The van der Waals surface area contributed by atoms with Crippen LogP contribution >= 0.6 is 0 Å². The zero-order valence-electron chi connectivity index (χ0n) is 18.5. The van der Waals surface area contributed by atoms with Crippen molar-refractivity contribution in [1.29, 1.82) is 0 Å². The monoisotopic (exact) mass is 456 g/mol. The average Bonchev–Trinajstić information content (AvgIpc) is 3.52. The Morgan fingerprint density at radius 1 is 1.34 bits per heavy atom. The van der Waals surface area contributed by atoms with E-state index in [9.17, 15) is 22.8 Å². The van der Waals surface area contributed by atoms with Gasteiger partial charge in [0.25, 0.3) is 5.91 Å². The number of nitrogens with zero attached hydrogens (tertiary/aromatic N) is 2. The van der Waals surface area contributed by atoms with Crippen molar-refractivity contribution in [2.75, 3.05) is 49.6 Å². The molecular formula is C22H31F3N4O3. The van der Waals surface area contributed by atoms with Gasteiger partial charge >= 0.3 is 6.18 Å². The molecule has 2 aliphatic rings. The van der Waals surface area contributed by atoms with Crippen molar-refractivity contribution in [1.82, 2.24) is 4.90 Å². The van der Waals surface area contributed by atoms with E-state index < -0.39 is 29.6 Å². The second-order valence-electron chi connectivity index (χ2n) is 8.86. The third-order valence-corrected chi connectivity index (χ3v) is 5.62. The highest BCUT2D eigenvalue weighted by molar-refractivity contribution is 5.98. The number of carbonyl (C=O) groups excluding carboxylic acids is 2. The fourth-order valence-electron chi connectivity index (χ4n) is 3.90. The molecule has 1 aliphatic carbocycles.